The van der Waals surface area contributed by atoms with E-state index in [1.165, 1.54) is 25.4 Å². The highest BCUT2D eigenvalue weighted by molar-refractivity contribution is 7.93. The third-order valence-electron chi connectivity index (χ3n) is 4.65. The number of rotatable bonds is 7. The number of carbonyl (C=O) groups excluding carboxylic acids is 1. The number of thiophene rings is 1. The molecule has 3 N–H and O–H groups in total. The Balaban J connectivity index is 2.04. The normalized spacial score (nSPS) is 12.1. The van der Waals surface area contributed by atoms with Crippen LogP contribution in [-0.4, -0.2) is 34.9 Å². The monoisotopic (exact) mass is 532 g/mol. The number of carbonyl (C=O) groups is 1. The lowest BCUT2D eigenvalue weighted by atomic mass is 10.1. The highest BCUT2D eigenvalue weighted by Crippen LogP contribution is 2.33. The molecule has 178 valence electrons. The van der Waals surface area contributed by atoms with Crippen molar-refractivity contribution in [3.8, 4) is 0 Å². The molecule has 0 saturated heterocycles. The van der Waals surface area contributed by atoms with Crippen LogP contribution in [-0.2, 0) is 20.0 Å². The van der Waals surface area contributed by atoms with Crippen molar-refractivity contribution >= 4 is 60.5 Å². The van der Waals surface area contributed by atoms with Crippen LogP contribution in [0.4, 0.5) is 11.6 Å². The number of hydrogen-bond donors (Lipinski definition) is 3. The standard InChI is InChI=1S/C19H21ClN4O6S3/c1-9-6-10(2)15(13(7-9)32(26,27)21-5)22-18(25)16-17(11(3)8-31-16)33(28,29)24-19-14(20)12(4)23-30-19/h6-8,21,24H,1-5H3,(H,22,25). The maximum atomic E-state index is 13.2. The molecule has 10 nitrogen and oxygen atoms in total. The fraction of sp³-hybridized carbons (Fsp3) is 0.263. The first-order valence-corrected chi connectivity index (χ1v) is 13.6. The zero-order valence-electron chi connectivity index (χ0n) is 18.2. The van der Waals surface area contributed by atoms with E-state index in [-0.39, 0.29) is 31.3 Å². The molecule has 2 aromatic heterocycles. The van der Waals surface area contributed by atoms with Gasteiger partial charge in [-0.1, -0.05) is 22.8 Å². The fourth-order valence-electron chi connectivity index (χ4n) is 3.10. The molecule has 33 heavy (non-hydrogen) atoms. The second-order valence-electron chi connectivity index (χ2n) is 7.21. The Labute approximate surface area is 200 Å². The fourth-order valence-corrected chi connectivity index (χ4v) is 7.01. The number of aromatic nitrogens is 1. The van der Waals surface area contributed by atoms with Crippen molar-refractivity contribution < 1.29 is 26.2 Å². The number of benzene rings is 1. The summed E-state index contributed by atoms with van der Waals surface area (Å²) in [7, 11) is -6.93. The molecular weight excluding hydrogens is 512 g/mol. The number of aryl methyl sites for hydroxylation is 4. The predicted molar refractivity (Wildman–Crippen MR) is 126 cm³/mol. The van der Waals surface area contributed by atoms with Crippen molar-refractivity contribution in [1.29, 1.82) is 0 Å². The summed E-state index contributed by atoms with van der Waals surface area (Å²) in [6.07, 6.45) is 0. The smallest absolute Gasteiger partial charge is 0.267 e. The van der Waals surface area contributed by atoms with Gasteiger partial charge in [0.25, 0.3) is 21.8 Å². The summed E-state index contributed by atoms with van der Waals surface area (Å²) in [6.45, 7) is 6.44. The van der Waals surface area contributed by atoms with Crippen molar-refractivity contribution in [2.45, 2.75) is 37.5 Å². The van der Waals surface area contributed by atoms with Gasteiger partial charge in [0.05, 0.1) is 5.69 Å². The number of sulfonamides is 2. The van der Waals surface area contributed by atoms with Crippen LogP contribution in [0.5, 0.6) is 0 Å². The van der Waals surface area contributed by atoms with E-state index in [1.54, 1.807) is 26.8 Å². The quantitative estimate of drug-likeness (QED) is 0.421. The number of amides is 1. The molecule has 0 bridgehead atoms. The van der Waals surface area contributed by atoms with Gasteiger partial charge >= 0.3 is 0 Å². The third kappa shape index (κ3) is 4.92. The van der Waals surface area contributed by atoms with Gasteiger partial charge < -0.3 is 9.84 Å². The zero-order chi connectivity index (χ0) is 24.7. The Bertz CT molecular complexity index is 1460. The minimum atomic E-state index is -4.29. The number of halogens is 1. The van der Waals surface area contributed by atoms with E-state index < -0.39 is 26.0 Å². The van der Waals surface area contributed by atoms with Crippen LogP contribution >= 0.6 is 22.9 Å². The molecular formula is C19H21ClN4O6S3. The lowest BCUT2D eigenvalue weighted by Gasteiger charge is -2.15. The number of anilines is 2. The Morgan fingerprint density at radius 1 is 1.06 bits per heavy atom. The SMILES string of the molecule is CNS(=O)(=O)c1cc(C)cc(C)c1NC(=O)c1scc(C)c1S(=O)(=O)Nc1onc(C)c1Cl. The number of hydrogen-bond acceptors (Lipinski definition) is 8. The van der Waals surface area contributed by atoms with Crippen LogP contribution in [0.1, 0.15) is 32.1 Å². The van der Waals surface area contributed by atoms with Crippen molar-refractivity contribution in [3.63, 3.8) is 0 Å². The Kier molecular flexibility index (Phi) is 6.92. The summed E-state index contributed by atoms with van der Waals surface area (Å²) in [5, 5.41) is 7.67. The molecule has 0 fully saturated rings. The predicted octanol–water partition coefficient (Wildman–Crippen LogP) is 3.58. The molecule has 0 radical (unpaired) electrons. The van der Waals surface area contributed by atoms with E-state index in [0.29, 0.717) is 22.4 Å². The molecule has 14 heteroatoms. The van der Waals surface area contributed by atoms with Crippen molar-refractivity contribution in [1.82, 2.24) is 9.88 Å². The van der Waals surface area contributed by atoms with Crippen LogP contribution in [0, 0.1) is 27.7 Å². The average molecular weight is 533 g/mol. The Hall–Kier alpha value is -2.45. The lowest BCUT2D eigenvalue weighted by Crippen LogP contribution is -2.23. The van der Waals surface area contributed by atoms with Crippen molar-refractivity contribution in [2.75, 3.05) is 17.1 Å². The van der Waals surface area contributed by atoms with Crippen LogP contribution in [0.2, 0.25) is 5.02 Å². The van der Waals surface area contributed by atoms with Gasteiger partial charge in [-0.3, -0.25) is 4.79 Å². The molecule has 2 heterocycles. The largest absolute Gasteiger partial charge is 0.336 e. The first-order chi connectivity index (χ1) is 15.3. The maximum Gasteiger partial charge on any atom is 0.267 e. The molecule has 0 spiro atoms. The van der Waals surface area contributed by atoms with Gasteiger partial charge in [0.15, 0.2) is 0 Å². The first-order valence-electron chi connectivity index (χ1n) is 9.37. The van der Waals surface area contributed by atoms with E-state index in [4.69, 9.17) is 16.1 Å². The van der Waals surface area contributed by atoms with Crippen LogP contribution in [0.15, 0.2) is 31.8 Å². The molecule has 0 unspecified atom stereocenters. The number of nitrogens with one attached hydrogen (secondary N) is 3. The van der Waals surface area contributed by atoms with Gasteiger partial charge in [0.2, 0.25) is 10.0 Å². The molecule has 1 aromatic carbocycles. The van der Waals surface area contributed by atoms with E-state index in [1.807, 2.05) is 0 Å². The van der Waals surface area contributed by atoms with Crippen LogP contribution in [0.3, 0.4) is 0 Å². The van der Waals surface area contributed by atoms with Crippen LogP contribution in [0.25, 0.3) is 0 Å². The summed E-state index contributed by atoms with van der Waals surface area (Å²) in [5.41, 5.74) is 1.84. The molecule has 0 aliphatic carbocycles. The van der Waals surface area contributed by atoms with E-state index in [2.05, 4.69) is 19.9 Å². The van der Waals surface area contributed by atoms with E-state index in [0.717, 1.165) is 11.3 Å². The summed E-state index contributed by atoms with van der Waals surface area (Å²) in [6, 6.07) is 3.12. The summed E-state index contributed by atoms with van der Waals surface area (Å²) in [5.74, 6) is -1.06. The summed E-state index contributed by atoms with van der Waals surface area (Å²) >= 11 is 6.91. The topological polar surface area (TPSA) is 147 Å². The molecule has 0 atom stereocenters. The van der Waals surface area contributed by atoms with E-state index in [9.17, 15) is 21.6 Å². The number of nitrogens with zero attached hydrogens (tertiary/aromatic N) is 1. The van der Waals surface area contributed by atoms with E-state index >= 15 is 0 Å². The van der Waals surface area contributed by atoms with Gasteiger partial charge in [0, 0.05) is 0 Å². The second-order valence-corrected chi connectivity index (χ2v) is 11.9. The minimum Gasteiger partial charge on any atom is -0.336 e. The maximum absolute atomic E-state index is 13.2. The summed E-state index contributed by atoms with van der Waals surface area (Å²) in [4.78, 5) is 12.6. The molecule has 1 amide bonds. The highest BCUT2D eigenvalue weighted by atomic mass is 35.5. The lowest BCUT2D eigenvalue weighted by molar-refractivity contribution is 0.102. The molecule has 0 saturated carbocycles. The van der Waals surface area contributed by atoms with Crippen molar-refractivity contribution in [3.05, 3.63) is 49.8 Å². The minimum absolute atomic E-state index is 0.00495. The highest BCUT2D eigenvalue weighted by Gasteiger charge is 2.30. The van der Waals surface area contributed by atoms with Crippen molar-refractivity contribution in [2.24, 2.45) is 0 Å². The molecule has 0 aliphatic rings. The van der Waals surface area contributed by atoms with Crippen LogP contribution < -0.4 is 14.8 Å². The van der Waals surface area contributed by atoms with Gasteiger partial charge in [-0.25, -0.2) is 26.3 Å². The van der Waals surface area contributed by atoms with Gasteiger partial charge in [-0.05, 0) is 62.9 Å². The van der Waals surface area contributed by atoms with Gasteiger partial charge in [-0.2, -0.15) is 0 Å². The zero-order valence-corrected chi connectivity index (χ0v) is 21.4. The second kappa shape index (κ2) is 9.06. The average Bonchev–Trinajstić information content (AvgIpc) is 3.27. The molecule has 0 aliphatic heterocycles. The first kappa shape index (κ1) is 25.2. The van der Waals surface area contributed by atoms with Gasteiger partial charge in [0.1, 0.15) is 25.4 Å². The third-order valence-corrected chi connectivity index (χ3v) is 9.28. The molecule has 3 aromatic rings. The Morgan fingerprint density at radius 3 is 2.30 bits per heavy atom. The summed E-state index contributed by atoms with van der Waals surface area (Å²) < 4.78 is 60.5. The Morgan fingerprint density at radius 2 is 1.73 bits per heavy atom. The molecule has 3 rings (SSSR count). The van der Waals surface area contributed by atoms with Gasteiger partial charge in [-0.15, -0.1) is 11.3 Å².